The van der Waals surface area contributed by atoms with Crippen LogP contribution in [0.3, 0.4) is 0 Å². The van der Waals surface area contributed by atoms with Gasteiger partial charge in [-0.05, 0) is 37.1 Å². The first kappa shape index (κ1) is 13.3. The van der Waals surface area contributed by atoms with Gasteiger partial charge in [-0.3, -0.25) is 0 Å². The second-order valence-electron chi connectivity index (χ2n) is 4.08. The van der Waals surface area contributed by atoms with Crippen LogP contribution in [0.15, 0.2) is 18.2 Å². The van der Waals surface area contributed by atoms with Crippen molar-refractivity contribution in [3.05, 3.63) is 52.9 Å². The van der Waals surface area contributed by atoms with Gasteiger partial charge in [-0.1, -0.05) is 6.07 Å². The van der Waals surface area contributed by atoms with Crippen molar-refractivity contribution in [2.75, 3.05) is 0 Å². The van der Waals surface area contributed by atoms with Gasteiger partial charge in [0.05, 0.1) is 0 Å². The molecule has 0 radical (unpaired) electrons. The first-order chi connectivity index (χ1) is 8.88. The second kappa shape index (κ2) is 4.87. The predicted molar refractivity (Wildman–Crippen MR) is 60.1 cm³/mol. The minimum absolute atomic E-state index is 0.0836. The van der Waals surface area contributed by atoms with Crippen molar-refractivity contribution in [1.29, 1.82) is 0 Å². The van der Waals surface area contributed by atoms with Crippen molar-refractivity contribution in [3.63, 3.8) is 0 Å². The smallest absolute Gasteiger partial charge is 0.255 e. The monoisotopic (exact) mass is 271 g/mol. The molecular formula is C13H9F4NO. The molecule has 0 aliphatic rings. The number of ether oxygens (including phenoxy) is 1. The molecule has 100 valence electrons. The van der Waals surface area contributed by atoms with E-state index in [-0.39, 0.29) is 5.75 Å². The summed E-state index contributed by atoms with van der Waals surface area (Å²) in [5.74, 6) is -7.90. The average Bonchev–Trinajstić information content (AvgIpc) is 2.31. The minimum atomic E-state index is -1.75. The van der Waals surface area contributed by atoms with Crippen LogP contribution in [0.25, 0.3) is 0 Å². The Labute approximate surface area is 106 Å². The quantitative estimate of drug-likeness (QED) is 0.607. The molecule has 0 unspecified atom stereocenters. The molecule has 0 atom stereocenters. The van der Waals surface area contributed by atoms with Crippen LogP contribution in [0.1, 0.15) is 11.1 Å². The maximum absolute atomic E-state index is 13.4. The largest absolute Gasteiger partial charge is 0.451 e. The number of hydrogen-bond acceptors (Lipinski definition) is 2. The van der Waals surface area contributed by atoms with Crippen LogP contribution in [0, 0.1) is 37.4 Å². The highest BCUT2D eigenvalue weighted by molar-refractivity contribution is 5.37. The molecule has 0 bridgehead atoms. The van der Waals surface area contributed by atoms with Gasteiger partial charge in [-0.25, -0.2) is 0 Å². The summed E-state index contributed by atoms with van der Waals surface area (Å²) in [5, 5.41) is 0. The SMILES string of the molecule is Cc1cc(C)cc(Oc2c(F)c(F)nc(F)c2F)c1. The lowest BCUT2D eigenvalue weighted by Gasteiger charge is -2.09. The topological polar surface area (TPSA) is 22.1 Å². The fraction of sp³-hybridized carbons (Fsp3) is 0.154. The number of hydrogen-bond donors (Lipinski definition) is 0. The number of benzene rings is 1. The van der Waals surface area contributed by atoms with Gasteiger partial charge in [-0.2, -0.15) is 22.5 Å². The Kier molecular flexibility index (Phi) is 3.42. The van der Waals surface area contributed by atoms with Crippen LogP contribution < -0.4 is 4.74 Å². The summed E-state index contributed by atoms with van der Waals surface area (Å²) in [6.45, 7) is 3.50. The molecule has 0 N–H and O–H groups in total. The van der Waals surface area contributed by atoms with Crippen LogP contribution in [0.4, 0.5) is 17.6 Å². The zero-order valence-corrected chi connectivity index (χ0v) is 10.1. The van der Waals surface area contributed by atoms with Crippen molar-refractivity contribution >= 4 is 0 Å². The van der Waals surface area contributed by atoms with Gasteiger partial charge >= 0.3 is 0 Å². The Morgan fingerprint density at radius 1 is 0.842 bits per heavy atom. The molecule has 0 aliphatic carbocycles. The normalized spacial score (nSPS) is 10.6. The Balaban J connectivity index is 2.49. The van der Waals surface area contributed by atoms with Crippen LogP contribution in [-0.4, -0.2) is 4.98 Å². The third-order valence-electron chi connectivity index (χ3n) is 2.37. The van der Waals surface area contributed by atoms with E-state index in [1.807, 2.05) is 6.07 Å². The highest BCUT2D eigenvalue weighted by Gasteiger charge is 2.22. The van der Waals surface area contributed by atoms with Crippen LogP contribution in [0.5, 0.6) is 11.5 Å². The van der Waals surface area contributed by atoms with Gasteiger partial charge in [0.25, 0.3) is 11.9 Å². The number of nitrogens with zero attached hydrogens (tertiary/aromatic N) is 1. The van der Waals surface area contributed by atoms with Gasteiger partial charge in [-0.15, -0.1) is 0 Å². The summed E-state index contributed by atoms with van der Waals surface area (Å²) in [6.07, 6.45) is 0. The van der Waals surface area contributed by atoms with E-state index >= 15 is 0 Å². The number of pyridine rings is 1. The predicted octanol–water partition coefficient (Wildman–Crippen LogP) is 4.05. The number of aryl methyl sites for hydroxylation is 2. The summed E-state index contributed by atoms with van der Waals surface area (Å²) in [4.78, 5) is 2.45. The highest BCUT2D eigenvalue weighted by atomic mass is 19.2. The lowest BCUT2D eigenvalue weighted by molar-refractivity contribution is 0.343. The number of rotatable bonds is 2. The van der Waals surface area contributed by atoms with E-state index in [0.29, 0.717) is 0 Å². The molecule has 2 rings (SSSR count). The van der Waals surface area contributed by atoms with Gasteiger partial charge in [0.15, 0.2) is 0 Å². The fourth-order valence-electron chi connectivity index (χ4n) is 1.67. The molecule has 0 spiro atoms. The lowest BCUT2D eigenvalue weighted by Crippen LogP contribution is -2.03. The maximum atomic E-state index is 13.4. The Morgan fingerprint density at radius 2 is 1.32 bits per heavy atom. The zero-order chi connectivity index (χ0) is 14.2. The fourth-order valence-corrected chi connectivity index (χ4v) is 1.67. The standard InChI is InChI=1S/C13H9F4NO/c1-6-3-7(2)5-8(4-6)19-11-9(14)12(16)18-13(17)10(11)15/h3-5H,1-2H3. The summed E-state index contributed by atoms with van der Waals surface area (Å²) < 4.78 is 57.4. The van der Waals surface area contributed by atoms with Crippen LogP contribution in [-0.2, 0) is 0 Å². The number of halogens is 4. The third-order valence-corrected chi connectivity index (χ3v) is 2.37. The molecular weight excluding hydrogens is 262 g/mol. The van der Waals surface area contributed by atoms with E-state index in [0.717, 1.165) is 11.1 Å². The van der Waals surface area contributed by atoms with Gasteiger partial charge < -0.3 is 4.74 Å². The summed E-state index contributed by atoms with van der Waals surface area (Å²) in [7, 11) is 0. The molecule has 0 fully saturated rings. The van der Waals surface area contributed by atoms with E-state index in [1.165, 1.54) is 12.1 Å². The summed E-state index contributed by atoms with van der Waals surface area (Å²) in [6, 6.07) is 4.79. The van der Waals surface area contributed by atoms with Crippen LogP contribution in [0.2, 0.25) is 0 Å². The molecule has 1 heterocycles. The van der Waals surface area contributed by atoms with Crippen molar-refractivity contribution in [1.82, 2.24) is 4.98 Å². The van der Waals surface area contributed by atoms with Crippen molar-refractivity contribution in [2.45, 2.75) is 13.8 Å². The van der Waals surface area contributed by atoms with E-state index in [4.69, 9.17) is 4.74 Å². The van der Waals surface area contributed by atoms with E-state index < -0.39 is 29.3 Å². The number of aromatic nitrogens is 1. The Hall–Kier alpha value is -2.11. The molecule has 0 aliphatic heterocycles. The minimum Gasteiger partial charge on any atom is -0.451 e. The van der Waals surface area contributed by atoms with E-state index in [9.17, 15) is 17.6 Å². The zero-order valence-electron chi connectivity index (χ0n) is 10.1. The third kappa shape index (κ3) is 2.67. The first-order valence-electron chi connectivity index (χ1n) is 5.34. The van der Waals surface area contributed by atoms with Gasteiger partial charge in [0.1, 0.15) is 5.75 Å². The van der Waals surface area contributed by atoms with E-state index in [2.05, 4.69) is 4.98 Å². The van der Waals surface area contributed by atoms with Crippen molar-refractivity contribution in [2.24, 2.45) is 0 Å². The molecule has 2 aromatic rings. The maximum Gasteiger partial charge on any atom is 0.255 e. The van der Waals surface area contributed by atoms with E-state index in [1.54, 1.807) is 13.8 Å². The van der Waals surface area contributed by atoms with Crippen molar-refractivity contribution < 1.29 is 22.3 Å². The van der Waals surface area contributed by atoms with Gasteiger partial charge in [0, 0.05) is 0 Å². The van der Waals surface area contributed by atoms with Crippen LogP contribution >= 0.6 is 0 Å². The summed E-state index contributed by atoms with van der Waals surface area (Å²) >= 11 is 0. The molecule has 6 heteroatoms. The first-order valence-corrected chi connectivity index (χ1v) is 5.34. The van der Waals surface area contributed by atoms with Crippen molar-refractivity contribution in [3.8, 4) is 11.5 Å². The molecule has 1 aromatic carbocycles. The molecule has 1 aromatic heterocycles. The molecule has 2 nitrogen and oxygen atoms in total. The summed E-state index contributed by atoms with van der Waals surface area (Å²) in [5.41, 5.74) is 1.57. The molecule has 0 amide bonds. The highest BCUT2D eigenvalue weighted by Crippen LogP contribution is 2.30. The lowest BCUT2D eigenvalue weighted by atomic mass is 10.1. The Bertz CT molecular complexity index is 597. The van der Waals surface area contributed by atoms with Gasteiger partial charge in [0.2, 0.25) is 17.4 Å². The average molecular weight is 271 g/mol. The molecule has 0 saturated heterocycles. The Morgan fingerprint density at radius 3 is 1.79 bits per heavy atom. The molecule has 0 saturated carbocycles. The molecule has 19 heavy (non-hydrogen) atoms. The second-order valence-corrected chi connectivity index (χ2v) is 4.08.